The first-order chi connectivity index (χ1) is 57.5. The molecule has 0 aliphatic carbocycles. The second kappa shape index (κ2) is 25.8. The summed E-state index contributed by atoms with van der Waals surface area (Å²) < 4.78 is 27.3. The van der Waals surface area contributed by atoms with Gasteiger partial charge in [-0.15, -0.1) is 0 Å². The number of aromatic nitrogens is 9. The predicted molar refractivity (Wildman–Crippen MR) is 472 cm³/mol. The van der Waals surface area contributed by atoms with Crippen LogP contribution in [0.5, 0.6) is 0 Å². The molecule has 17 aromatic carbocycles. The Balaban J connectivity index is 0.000000134. The number of hydrogen-bond donors (Lipinski definition) is 0. The van der Waals surface area contributed by atoms with E-state index in [1.54, 1.807) is 0 Å². The fourth-order valence-corrected chi connectivity index (χ4v) is 17.7. The molecule has 25 rings (SSSR count). The van der Waals surface area contributed by atoms with Crippen molar-refractivity contribution in [2.75, 3.05) is 0 Å². The topological polar surface area (TPSA) is 132 Å². The van der Waals surface area contributed by atoms with Gasteiger partial charge in [-0.05, 0) is 125 Å². The van der Waals surface area contributed by atoms with E-state index in [4.69, 9.17) is 43.2 Å². The highest BCUT2D eigenvalue weighted by atomic mass is 16.3. The summed E-state index contributed by atoms with van der Waals surface area (Å²) in [5.74, 6) is 3.54. The van der Waals surface area contributed by atoms with Crippen LogP contribution in [0.3, 0.4) is 0 Å². The number of hydrogen-bond acceptors (Lipinski definition) is 9. The number of para-hydroxylation sites is 5. The van der Waals surface area contributed by atoms with Crippen LogP contribution in [-0.2, 0) is 0 Å². The Kier molecular flexibility index (Phi) is 14.4. The Bertz CT molecular complexity index is 8220. The lowest BCUT2D eigenvalue weighted by molar-refractivity contribution is 0.669. The molecule has 0 amide bonds. The van der Waals surface area contributed by atoms with Gasteiger partial charge in [-0.3, -0.25) is 0 Å². The summed E-state index contributed by atoms with van der Waals surface area (Å²) in [5, 5.41) is 17.9. The maximum absolute atomic E-state index is 6.92. The molecular weight excluding hydrogens is 1420 g/mol. The third-order valence-electron chi connectivity index (χ3n) is 22.9. The van der Waals surface area contributed by atoms with E-state index in [0.29, 0.717) is 34.9 Å². The van der Waals surface area contributed by atoms with Crippen LogP contribution in [0.25, 0.3) is 238 Å². The van der Waals surface area contributed by atoms with E-state index in [-0.39, 0.29) is 0 Å². The van der Waals surface area contributed by atoms with E-state index >= 15 is 0 Å². The molecule has 0 N–H and O–H groups in total. The van der Waals surface area contributed by atoms with Gasteiger partial charge < -0.3 is 27.0 Å². The largest absolute Gasteiger partial charge is 0.456 e. The van der Waals surface area contributed by atoms with Crippen molar-refractivity contribution in [1.29, 1.82) is 0 Å². The summed E-state index contributed by atoms with van der Waals surface area (Å²) in [6.45, 7) is 0. The van der Waals surface area contributed by atoms with Gasteiger partial charge in [-0.2, -0.15) is 0 Å². The molecule has 0 spiro atoms. The lowest BCUT2D eigenvalue weighted by Crippen LogP contribution is -2.00. The van der Waals surface area contributed by atoms with Gasteiger partial charge in [0.2, 0.25) is 0 Å². The molecule has 0 aliphatic rings. The third-order valence-corrected chi connectivity index (χ3v) is 22.9. The van der Waals surface area contributed by atoms with Gasteiger partial charge in [0.25, 0.3) is 0 Å². The second-order valence-corrected chi connectivity index (χ2v) is 29.6. The molecule has 0 radical (unpaired) electrons. The van der Waals surface area contributed by atoms with Crippen molar-refractivity contribution in [3.63, 3.8) is 0 Å². The second-order valence-electron chi connectivity index (χ2n) is 29.6. The highest BCUT2D eigenvalue weighted by Crippen LogP contribution is 2.47. The van der Waals surface area contributed by atoms with Gasteiger partial charge in [0.05, 0.1) is 44.2 Å². The van der Waals surface area contributed by atoms with Gasteiger partial charge in [0.15, 0.2) is 34.9 Å². The van der Waals surface area contributed by atoms with Gasteiger partial charge in [0.1, 0.15) is 33.5 Å². The Morgan fingerprint density at radius 2 is 0.509 bits per heavy atom. The minimum atomic E-state index is 0.556. The lowest BCUT2D eigenvalue weighted by atomic mass is 9.99. The van der Waals surface area contributed by atoms with E-state index < -0.39 is 0 Å². The van der Waals surface area contributed by atoms with Gasteiger partial charge >= 0.3 is 0 Å². The smallest absolute Gasteiger partial charge is 0.167 e. The maximum Gasteiger partial charge on any atom is 0.167 e. The first kappa shape index (κ1) is 64.9. The molecule has 0 saturated carbocycles. The Morgan fingerprint density at radius 1 is 0.181 bits per heavy atom. The summed E-state index contributed by atoms with van der Waals surface area (Å²) in [5.41, 5.74) is 20.2. The Hall–Kier alpha value is -15.9. The summed E-state index contributed by atoms with van der Waals surface area (Å²) in [4.78, 5) is 30.4. The molecule has 0 saturated heterocycles. The summed E-state index contributed by atoms with van der Waals surface area (Å²) in [6.07, 6.45) is 0. The first-order valence-corrected chi connectivity index (χ1v) is 38.9. The quantitative estimate of drug-likeness (QED) is 0.139. The van der Waals surface area contributed by atoms with E-state index in [1.807, 2.05) is 133 Å². The zero-order chi connectivity index (χ0) is 76.1. The highest BCUT2D eigenvalue weighted by Gasteiger charge is 2.27. The predicted octanol–water partition coefficient (Wildman–Crippen LogP) is 27.0. The van der Waals surface area contributed by atoms with E-state index in [0.717, 1.165) is 160 Å². The molecule has 540 valence electrons. The summed E-state index contributed by atoms with van der Waals surface area (Å²) in [7, 11) is 0. The normalized spacial score (nSPS) is 12.0. The Labute approximate surface area is 661 Å². The fraction of sp³-hybridized carbons (Fsp3) is 0. The lowest BCUT2D eigenvalue weighted by Gasteiger charge is -2.10. The molecule has 12 nitrogen and oxygen atoms in total. The average molecular weight is 1480 g/mol. The molecule has 0 bridgehead atoms. The van der Waals surface area contributed by atoms with Crippen molar-refractivity contribution in [3.8, 4) is 85.4 Å². The van der Waals surface area contributed by atoms with Crippen LogP contribution in [0, 0.1) is 0 Å². The highest BCUT2D eigenvalue weighted by molar-refractivity contribution is 6.26. The summed E-state index contributed by atoms with van der Waals surface area (Å²) in [6, 6.07) is 129. The van der Waals surface area contributed by atoms with Crippen molar-refractivity contribution < 1.29 is 13.3 Å². The monoisotopic (exact) mass is 1480 g/mol. The molecule has 0 aliphatic heterocycles. The summed E-state index contributed by atoms with van der Waals surface area (Å²) >= 11 is 0. The number of nitrogens with zero attached hydrogens (tertiary/aromatic N) is 9. The minimum Gasteiger partial charge on any atom is -0.456 e. The zero-order valence-corrected chi connectivity index (χ0v) is 62.0. The van der Waals surface area contributed by atoms with Gasteiger partial charge in [0, 0.05) is 110 Å². The molecule has 0 atom stereocenters. The van der Waals surface area contributed by atoms with Gasteiger partial charge in [-0.25, -0.2) is 29.9 Å². The van der Waals surface area contributed by atoms with Crippen LogP contribution in [0.4, 0.5) is 0 Å². The number of fused-ring (bicyclic) bond motifs is 22. The molecule has 25 aromatic rings. The molecule has 116 heavy (non-hydrogen) atoms. The van der Waals surface area contributed by atoms with Crippen LogP contribution in [-0.4, -0.2) is 43.6 Å². The number of benzene rings is 17. The first-order valence-electron chi connectivity index (χ1n) is 38.9. The van der Waals surface area contributed by atoms with E-state index in [9.17, 15) is 0 Å². The van der Waals surface area contributed by atoms with E-state index in [1.165, 1.54) is 43.4 Å². The van der Waals surface area contributed by atoms with Crippen LogP contribution in [0.1, 0.15) is 0 Å². The SMILES string of the molecule is c1ccc(-c2nc(-c3ccccc3)nc(-c3cc4ccccc4c4c3oc3ccc(-n5c6ccccc6c6cc7c(cc65)c5ccccc5n7-c5ccccc5)cc34)n2)cc1.c1ccc(-c2nc(-c3ccccc3)nc(-c3cc4ccccc4c4c3oc3ccc(-n5c6ccccc6c6cc7c(cc65)oc5ccccc57)cc34)n2)cc1. The van der Waals surface area contributed by atoms with Crippen molar-refractivity contribution >= 4 is 153 Å². The van der Waals surface area contributed by atoms with E-state index in [2.05, 4.69) is 250 Å². The number of rotatable bonds is 9. The van der Waals surface area contributed by atoms with Crippen molar-refractivity contribution in [2.24, 2.45) is 0 Å². The average Bonchev–Trinajstić information content (AvgIpc) is 1.49. The standard InChI is InChI=1S/C55H33N5O.C49H28N4O2/c1-4-16-34(17-5-1)53-56-54(35-18-6-2-7-19-35)58-55(57-53)45-30-36-20-10-11-23-39(36)51-44-31-38(28-29-50(44)61-52(45)51)60-47-27-15-13-25-41(47)43-32-48-42(33-49(43)60)40-24-12-14-26-46(40)59(48)37-21-8-3-9-22-37;1-3-13-29(14-4-1)47-50-48(30-15-5-2-6-16-30)52-49(51-47)39-25-31-17-7-8-18-33(31)45-38-26-32(23-24-43(38)55-46(39)45)53-40-21-11-9-19-34(40)36-27-37-35-20-10-12-22-42(35)54-44(37)28-41(36)53/h1-33H;1-28H. The van der Waals surface area contributed by atoms with Crippen LogP contribution < -0.4 is 0 Å². The maximum atomic E-state index is 6.92. The van der Waals surface area contributed by atoms with Crippen LogP contribution >= 0.6 is 0 Å². The van der Waals surface area contributed by atoms with Crippen molar-refractivity contribution in [2.45, 2.75) is 0 Å². The molecule has 8 heterocycles. The minimum absolute atomic E-state index is 0.556. The third kappa shape index (κ3) is 10.3. The molecule has 0 unspecified atom stereocenters. The van der Waals surface area contributed by atoms with Crippen LogP contribution in [0.2, 0.25) is 0 Å². The number of furan rings is 3. The fourth-order valence-electron chi connectivity index (χ4n) is 17.7. The zero-order valence-electron chi connectivity index (χ0n) is 62.0. The molecular formula is C104H61N9O3. The van der Waals surface area contributed by atoms with Gasteiger partial charge in [-0.1, -0.05) is 261 Å². The van der Waals surface area contributed by atoms with Crippen molar-refractivity contribution in [3.05, 3.63) is 370 Å². The Morgan fingerprint density at radius 3 is 0.940 bits per heavy atom. The molecule has 8 aromatic heterocycles. The molecule has 0 fully saturated rings. The van der Waals surface area contributed by atoms with Crippen LogP contribution in [0.15, 0.2) is 383 Å². The molecule has 12 heteroatoms. The van der Waals surface area contributed by atoms with Crippen molar-refractivity contribution in [1.82, 2.24) is 43.6 Å².